The van der Waals surface area contributed by atoms with Gasteiger partial charge in [0, 0.05) is 42.1 Å². The highest BCUT2D eigenvalue weighted by atomic mass is 16.7. The topological polar surface area (TPSA) is 92.4 Å². The third-order valence-electron chi connectivity index (χ3n) is 6.98. The van der Waals surface area contributed by atoms with E-state index in [1.54, 1.807) is 12.1 Å². The summed E-state index contributed by atoms with van der Waals surface area (Å²) in [5, 5.41) is 6.02. The lowest BCUT2D eigenvalue weighted by Crippen LogP contribution is -2.47. The first-order valence-electron chi connectivity index (χ1n) is 12.2. The monoisotopic (exact) mass is 480 g/mol. The molecule has 0 bridgehead atoms. The molecule has 2 saturated heterocycles. The summed E-state index contributed by atoms with van der Waals surface area (Å²) in [7, 11) is 0. The van der Waals surface area contributed by atoms with Gasteiger partial charge in [0.2, 0.25) is 18.6 Å². The van der Waals surface area contributed by atoms with E-state index in [1.165, 1.54) is 0 Å². The molecule has 9 heteroatoms. The summed E-state index contributed by atoms with van der Waals surface area (Å²) in [5.74, 6) is 1.22. The van der Waals surface area contributed by atoms with Gasteiger partial charge < -0.3 is 29.7 Å². The summed E-state index contributed by atoms with van der Waals surface area (Å²) in [5.41, 5.74) is 2.63. The highest BCUT2D eigenvalue weighted by Crippen LogP contribution is 2.34. The second-order valence-corrected chi connectivity index (χ2v) is 9.18. The molecule has 0 saturated carbocycles. The number of anilines is 3. The molecule has 3 aliphatic rings. The van der Waals surface area contributed by atoms with E-state index >= 15 is 0 Å². The molecule has 0 radical (unpaired) electrons. The van der Waals surface area contributed by atoms with Crippen LogP contribution in [0.25, 0.3) is 0 Å². The predicted molar refractivity (Wildman–Crippen MR) is 133 cm³/mol. The van der Waals surface area contributed by atoms with E-state index < -0.39 is 0 Å². The van der Waals surface area contributed by atoms with Crippen LogP contribution in [0.2, 0.25) is 0 Å². The molecule has 2 fully saturated rings. The Kier molecular flexibility index (Phi) is 7.06. The zero-order chi connectivity index (χ0) is 24.2. The van der Waals surface area contributed by atoms with Crippen molar-refractivity contribution in [3.63, 3.8) is 0 Å². The zero-order valence-electron chi connectivity index (χ0n) is 20.0. The average molecular weight is 481 g/mol. The molecule has 2 N–H and O–H groups in total. The number of fused-ring (bicyclic) bond motifs is 1. The second kappa shape index (κ2) is 10.5. The van der Waals surface area contributed by atoms with Gasteiger partial charge in [0.15, 0.2) is 11.5 Å². The van der Waals surface area contributed by atoms with Crippen molar-refractivity contribution < 1.29 is 23.8 Å². The molecular weight excluding hydrogens is 448 g/mol. The van der Waals surface area contributed by atoms with Gasteiger partial charge in [-0.25, -0.2) is 0 Å². The Morgan fingerprint density at radius 2 is 1.57 bits per heavy atom. The minimum absolute atomic E-state index is 0.000905. The van der Waals surface area contributed by atoms with Crippen LogP contribution in [0.15, 0.2) is 42.5 Å². The molecule has 2 amide bonds. The summed E-state index contributed by atoms with van der Waals surface area (Å²) < 4.78 is 16.1. The molecule has 0 aliphatic carbocycles. The number of nitrogens with one attached hydrogen (secondary N) is 2. The molecule has 1 atom stereocenters. The summed E-state index contributed by atoms with van der Waals surface area (Å²) in [6.07, 6.45) is 1.42. The number of carbonyl (C=O) groups is 2. The van der Waals surface area contributed by atoms with Crippen molar-refractivity contribution in [2.24, 2.45) is 5.92 Å². The van der Waals surface area contributed by atoms with Gasteiger partial charge in [-0.1, -0.05) is 0 Å². The van der Waals surface area contributed by atoms with Gasteiger partial charge in [-0.15, -0.1) is 0 Å². The van der Waals surface area contributed by atoms with Crippen molar-refractivity contribution >= 4 is 28.9 Å². The van der Waals surface area contributed by atoms with Crippen LogP contribution < -0.4 is 25.0 Å². The Labute approximate surface area is 205 Å². The number of hydrogen-bond donors (Lipinski definition) is 2. The average Bonchev–Trinajstić information content (AvgIpc) is 3.37. The van der Waals surface area contributed by atoms with E-state index in [2.05, 4.69) is 20.4 Å². The van der Waals surface area contributed by atoms with Crippen LogP contribution in [0.3, 0.4) is 0 Å². The molecule has 3 heterocycles. The van der Waals surface area contributed by atoms with Crippen LogP contribution in [-0.2, 0) is 14.3 Å². The van der Waals surface area contributed by atoms with Crippen LogP contribution in [0.4, 0.5) is 17.1 Å². The van der Waals surface area contributed by atoms with Crippen molar-refractivity contribution in [3.8, 4) is 11.5 Å². The molecule has 2 aromatic carbocycles. The summed E-state index contributed by atoms with van der Waals surface area (Å²) in [6.45, 7) is 6.77. The van der Waals surface area contributed by atoms with Crippen LogP contribution in [0.5, 0.6) is 11.5 Å². The number of ether oxygens (including phenoxy) is 3. The summed E-state index contributed by atoms with van der Waals surface area (Å²) in [4.78, 5) is 30.1. The van der Waals surface area contributed by atoms with Crippen LogP contribution in [0, 0.1) is 5.92 Å². The van der Waals surface area contributed by atoms with E-state index in [0.717, 1.165) is 37.7 Å². The molecule has 3 aliphatic heterocycles. The Balaban J connectivity index is 1.09. The lowest BCUT2D eigenvalue weighted by atomic mass is 9.94. The fraction of sp³-hybridized carbons (Fsp3) is 0.462. The highest BCUT2D eigenvalue weighted by molar-refractivity contribution is 5.95. The molecule has 0 spiro atoms. The maximum Gasteiger partial charge on any atom is 0.241 e. The standard InChI is InChI=1S/C26H32N4O5/c1-18(25(31)27-20-2-5-22(6-3-20)30-12-14-33-15-13-30)29-10-8-19(9-11-29)26(32)28-21-4-7-23-24(16-21)35-17-34-23/h2-7,16,18-19H,8-15,17H2,1H3,(H,27,31)(H,28,32)/t18-/m0/s1. The normalized spacial score (nSPS) is 19.3. The number of morpholine rings is 1. The van der Waals surface area contributed by atoms with Gasteiger partial charge in [-0.2, -0.15) is 0 Å². The van der Waals surface area contributed by atoms with Gasteiger partial charge in [0.25, 0.3) is 0 Å². The Bertz CT molecular complexity index is 1050. The van der Waals surface area contributed by atoms with E-state index in [0.29, 0.717) is 43.1 Å². The highest BCUT2D eigenvalue weighted by Gasteiger charge is 2.30. The molecule has 0 aromatic heterocycles. The summed E-state index contributed by atoms with van der Waals surface area (Å²) >= 11 is 0. The van der Waals surface area contributed by atoms with Gasteiger partial charge in [0.1, 0.15) is 0 Å². The van der Waals surface area contributed by atoms with E-state index in [9.17, 15) is 9.59 Å². The number of amides is 2. The Morgan fingerprint density at radius 1 is 0.886 bits per heavy atom. The number of piperidine rings is 1. The van der Waals surface area contributed by atoms with Crippen LogP contribution >= 0.6 is 0 Å². The first-order chi connectivity index (χ1) is 17.1. The number of likely N-dealkylation sites (tertiary alicyclic amines) is 1. The maximum atomic E-state index is 12.9. The van der Waals surface area contributed by atoms with Crippen molar-refractivity contribution in [1.29, 1.82) is 0 Å². The first-order valence-corrected chi connectivity index (χ1v) is 12.2. The quantitative estimate of drug-likeness (QED) is 0.657. The second-order valence-electron chi connectivity index (χ2n) is 9.18. The molecular formula is C26H32N4O5. The Morgan fingerprint density at radius 3 is 2.31 bits per heavy atom. The van der Waals surface area contributed by atoms with Gasteiger partial charge >= 0.3 is 0 Å². The molecule has 9 nitrogen and oxygen atoms in total. The zero-order valence-corrected chi connectivity index (χ0v) is 20.0. The fourth-order valence-electron chi connectivity index (χ4n) is 4.76. The van der Waals surface area contributed by atoms with Crippen LogP contribution in [-0.4, -0.2) is 68.9 Å². The lowest BCUT2D eigenvalue weighted by molar-refractivity contribution is -0.123. The number of benzene rings is 2. The molecule has 5 rings (SSSR count). The molecule has 0 unspecified atom stereocenters. The van der Waals surface area contributed by atoms with Crippen molar-refractivity contribution in [3.05, 3.63) is 42.5 Å². The lowest BCUT2D eigenvalue weighted by Gasteiger charge is -2.34. The number of rotatable bonds is 6. The van der Waals surface area contributed by atoms with Crippen molar-refractivity contribution in [1.82, 2.24) is 4.90 Å². The van der Waals surface area contributed by atoms with Crippen LogP contribution in [0.1, 0.15) is 19.8 Å². The van der Waals surface area contributed by atoms with E-state index in [4.69, 9.17) is 14.2 Å². The number of nitrogens with zero attached hydrogens (tertiary/aromatic N) is 2. The molecule has 2 aromatic rings. The first kappa shape index (κ1) is 23.4. The Hall–Kier alpha value is -3.30. The number of carbonyl (C=O) groups excluding carboxylic acids is 2. The predicted octanol–water partition coefficient (Wildman–Crippen LogP) is 2.93. The van der Waals surface area contributed by atoms with E-state index in [1.807, 2.05) is 37.3 Å². The third kappa shape index (κ3) is 5.52. The largest absolute Gasteiger partial charge is 0.454 e. The number of hydrogen-bond acceptors (Lipinski definition) is 7. The van der Waals surface area contributed by atoms with Crippen molar-refractivity contribution in [2.45, 2.75) is 25.8 Å². The van der Waals surface area contributed by atoms with Crippen molar-refractivity contribution in [2.75, 3.05) is 61.7 Å². The minimum Gasteiger partial charge on any atom is -0.454 e. The molecule has 35 heavy (non-hydrogen) atoms. The molecule has 186 valence electrons. The fourth-order valence-corrected chi connectivity index (χ4v) is 4.76. The van der Waals surface area contributed by atoms with E-state index in [-0.39, 0.29) is 30.6 Å². The maximum absolute atomic E-state index is 12.9. The van der Waals surface area contributed by atoms with Gasteiger partial charge in [-0.05, 0) is 69.3 Å². The third-order valence-corrected chi connectivity index (χ3v) is 6.98. The smallest absolute Gasteiger partial charge is 0.241 e. The summed E-state index contributed by atoms with van der Waals surface area (Å²) in [6, 6.07) is 13.1. The van der Waals surface area contributed by atoms with Gasteiger partial charge in [0.05, 0.1) is 19.3 Å². The van der Waals surface area contributed by atoms with Gasteiger partial charge in [-0.3, -0.25) is 14.5 Å². The minimum atomic E-state index is -0.271. The SMILES string of the molecule is C[C@@H](C(=O)Nc1ccc(N2CCOCC2)cc1)N1CCC(C(=O)Nc2ccc3c(c2)OCO3)CC1.